The number of carboxylic acids is 1. The van der Waals surface area contributed by atoms with E-state index in [1.54, 1.807) is 6.92 Å². The Morgan fingerprint density at radius 3 is 2.00 bits per heavy atom. The number of rotatable bonds is 17. The van der Waals surface area contributed by atoms with Crippen LogP contribution >= 0.6 is 0 Å². The number of carbonyl (C=O) groups excluding carboxylic acids is 1. The average Bonchev–Trinajstić information content (AvgIpc) is 2.66. The number of aliphatic carboxylic acids is 1. The summed E-state index contributed by atoms with van der Waals surface area (Å²) in [5.74, 6) is -1.18. The molecule has 0 unspecified atom stereocenters. The molecular formula is C23H43O7-. The predicted octanol–water partition coefficient (Wildman–Crippen LogP) is 2.43. The Balaban J connectivity index is 1.88. The van der Waals surface area contributed by atoms with Crippen LogP contribution in [-0.2, 0) is 14.3 Å². The molecule has 0 aliphatic carbocycles. The van der Waals surface area contributed by atoms with E-state index in [1.165, 1.54) is 38.5 Å². The summed E-state index contributed by atoms with van der Waals surface area (Å²) in [6, 6.07) is 0. The van der Waals surface area contributed by atoms with Crippen LogP contribution in [0, 0.1) is 0 Å². The summed E-state index contributed by atoms with van der Waals surface area (Å²) in [5, 5.41) is 39.5. The van der Waals surface area contributed by atoms with Gasteiger partial charge in [-0.25, -0.2) is 0 Å². The average molecular weight is 432 g/mol. The van der Waals surface area contributed by atoms with Crippen molar-refractivity contribution < 1.29 is 34.7 Å². The maximum Gasteiger partial charge on any atom is 0.184 e. The maximum atomic E-state index is 10.4. The lowest BCUT2D eigenvalue weighted by Crippen LogP contribution is -2.48. The Bertz CT molecular complexity index is 445. The van der Waals surface area contributed by atoms with Crippen molar-refractivity contribution in [3.05, 3.63) is 0 Å². The molecule has 1 rings (SSSR count). The van der Waals surface area contributed by atoms with Gasteiger partial charge in [0.05, 0.1) is 24.4 Å². The molecule has 6 atom stereocenters. The third-order valence-electron chi connectivity index (χ3n) is 5.85. The molecule has 30 heavy (non-hydrogen) atoms. The van der Waals surface area contributed by atoms with E-state index in [2.05, 4.69) is 0 Å². The summed E-state index contributed by atoms with van der Waals surface area (Å²) in [6.07, 6.45) is 9.84. The Hall–Kier alpha value is -0.730. The quantitative estimate of drug-likeness (QED) is 0.303. The molecular weight excluding hydrogens is 388 g/mol. The van der Waals surface area contributed by atoms with Crippen molar-refractivity contribution in [1.29, 1.82) is 0 Å². The highest BCUT2D eigenvalue weighted by Gasteiger charge is 2.35. The minimum atomic E-state index is -1.18. The van der Waals surface area contributed by atoms with Crippen LogP contribution in [0.25, 0.3) is 0 Å². The minimum absolute atomic E-state index is 0.0253. The third kappa shape index (κ3) is 12.8. The van der Waals surface area contributed by atoms with E-state index in [0.717, 1.165) is 32.1 Å². The van der Waals surface area contributed by atoms with Crippen molar-refractivity contribution in [3.63, 3.8) is 0 Å². The highest BCUT2D eigenvalue weighted by Crippen LogP contribution is 2.23. The van der Waals surface area contributed by atoms with Crippen LogP contribution in [0.4, 0.5) is 0 Å². The zero-order valence-corrected chi connectivity index (χ0v) is 18.8. The number of ether oxygens (including phenoxy) is 2. The Morgan fingerprint density at radius 2 is 1.47 bits per heavy atom. The van der Waals surface area contributed by atoms with Gasteiger partial charge in [0.15, 0.2) is 6.29 Å². The molecule has 7 nitrogen and oxygen atoms in total. The first-order chi connectivity index (χ1) is 14.3. The fraction of sp³-hybridized carbons (Fsp3) is 0.957. The van der Waals surface area contributed by atoms with Crippen LogP contribution in [0.5, 0.6) is 0 Å². The van der Waals surface area contributed by atoms with Crippen molar-refractivity contribution in [2.75, 3.05) is 0 Å². The highest BCUT2D eigenvalue weighted by molar-refractivity contribution is 5.64. The molecule has 0 aromatic carbocycles. The highest BCUT2D eigenvalue weighted by atomic mass is 16.7. The topological polar surface area (TPSA) is 119 Å². The first-order valence-corrected chi connectivity index (χ1v) is 11.8. The van der Waals surface area contributed by atoms with Crippen molar-refractivity contribution in [2.24, 2.45) is 0 Å². The van der Waals surface area contributed by atoms with E-state index < -0.39 is 30.6 Å². The van der Waals surface area contributed by atoms with E-state index in [9.17, 15) is 25.2 Å². The van der Waals surface area contributed by atoms with E-state index in [0.29, 0.717) is 12.8 Å². The molecule has 1 heterocycles. The summed E-state index contributed by atoms with van der Waals surface area (Å²) in [4.78, 5) is 10.4. The summed E-state index contributed by atoms with van der Waals surface area (Å²) in [6.45, 7) is 3.80. The first-order valence-electron chi connectivity index (χ1n) is 11.8. The molecule has 7 heteroatoms. The molecule has 3 N–H and O–H groups in total. The van der Waals surface area contributed by atoms with Gasteiger partial charge < -0.3 is 34.7 Å². The lowest BCUT2D eigenvalue weighted by Gasteiger charge is -2.36. The van der Waals surface area contributed by atoms with Crippen molar-refractivity contribution in [1.82, 2.24) is 0 Å². The van der Waals surface area contributed by atoms with Crippen LogP contribution in [0.15, 0.2) is 0 Å². The van der Waals surface area contributed by atoms with Gasteiger partial charge >= 0.3 is 0 Å². The van der Waals surface area contributed by atoms with Gasteiger partial charge in [-0.05, 0) is 26.7 Å². The van der Waals surface area contributed by atoms with Crippen molar-refractivity contribution >= 4 is 5.97 Å². The Morgan fingerprint density at radius 1 is 0.967 bits per heavy atom. The molecule has 1 fully saturated rings. The molecule has 1 saturated heterocycles. The number of aliphatic hydroxyl groups is 3. The molecule has 0 saturated carbocycles. The molecule has 0 radical (unpaired) electrons. The fourth-order valence-electron chi connectivity index (χ4n) is 3.88. The van der Waals surface area contributed by atoms with Gasteiger partial charge in [-0.2, -0.15) is 0 Å². The van der Waals surface area contributed by atoms with Gasteiger partial charge in [-0.3, -0.25) is 0 Å². The molecule has 0 aromatic rings. The monoisotopic (exact) mass is 431 g/mol. The number of unbranched alkanes of at least 4 members (excludes halogenated alkanes) is 9. The third-order valence-corrected chi connectivity index (χ3v) is 5.85. The fourth-order valence-corrected chi connectivity index (χ4v) is 3.88. The largest absolute Gasteiger partial charge is 0.550 e. The SMILES string of the molecule is C[C@H](CCCCCCCCCCCC[C@@H](O)CC(=O)[O-])O[C@@H]1O[C@@H](C)[C@H](O)C[C@H]1O. The Kier molecular flexibility index (Phi) is 14.5. The van der Waals surface area contributed by atoms with Crippen LogP contribution < -0.4 is 5.11 Å². The second kappa shape index (κ2) is 16.0. The number of aliphatic hydroxyl groups excluding tert-OH is 3. The molecule has 0 spiro atoms. The van der Waals surface area contributed by atoms with Gasteiger partial charge in [0.1, 0.15) is 6.10 Å². The van der Waals surface area contributed by atoms with E-state index >= 15 is 0 Å². The second-order valence-electron chi connectivity index (χ2n) is 8.87. The summed E-state index contributed by atoms with van der Waals surface area (Å²) < 4.78 is 11.4. The zero-order chi connectivity index (χ0) is 22.4. The van der Waals surface area contributed by atoms with Crippen LogP contribution in [-0.4, -0.2) is 58.1 Å². The summed E-state index contributed by atoms with van der Waals surface area (Å²) in [7, 11) is 0. The molecule has 0 bridgehead atoms. The van der Waals surface area contributed by atoms with E-state index in [-0.39, 0.29) is 18.6 Å². The van der Waals surface area contributed by atoms with Gasteiger partial charge in [0.2, 0.25) is 0 Å². The number of carbonyl (C=O) groups is 1. The summed E-state index contributed by atoms with van der Waals surface area (Å²) in [5.41, 5.74) is 0. The standard InChI is InChI=1S/C23H44O7/c1-17(29-23-21(26)16-20(25)18(2)30-23)13-11-9-7-5-3-4-6-8-10-12-14-19(24)15-22(27)28/h17-21,23-26H,3-16H2,1-2H3,(H,27,28)/p-1/t17-,18+,19-,20-,21-,23-/m1/s1. The first kappa shape index (κ1) is 27.3. The normalized spacial score (nSPS) is 26.4. The van der Waals surface area contributed by atoms with Crippen molar-refractivity contribution in [2.45, 2.75) is 141 Å². The van der Waals surface area contributed by atoms with Gasteiger partial charge in [-0.1, -0.05) is 64.2 Å². The molecule has 178 valence electrons. The lowest BCUT2D eigenvalue weighted by molar-refractivity contribution is -0.307. The van der Waals surface area contributed by atoms with E-state index in [1.807, 2.05) is 6.92 Å². The molecule has 1 aliphatic rings. The minimum Gasteiger partial charge on any atom is -0.550 e. The molecule has 0 amide bonds. The maximum absolute atomic E-state index is 10.4. The lowest BCUT2D eigenvalue weighted by atomic mass is 10.0. The van der Waals surface area contributed by atoms with Crippen LogP contribution in [0.1, 0.15) is 104 Å². The number of hydrogen-bond acceptors (Lipinski definition) is 7. The molecule has 0 aromatic heterocycles. The van der Waals surface area contributed by atoms with E-state index in [4.69, 9.17) is 9.47 Å². The smallest absolute Gasteiger partial charge is 0.184 e. The van der Waals surface area contributed by atoms with Gasteiger partial charge in [-0.15, -0.1) is 0 Å². The summed E-state index contributed by atoms with van der Waals surface area (Å²) >= 11 is 0. The number of carboxylic acid groups (broad SMARTS) is 1. The van der Waals surface area contributed by atoms with Crippen LogP contribution in [0.2, 0.25) is 0 Å². The zero-order valence-electron chi connectivity index (χ0n) is 18.8. The van der Waals surface area contributed by atoms with Gasteiger partial charge in [0, 0.05) is 18.8 Å². The molecule has 1 aliphatic heterocycles. The van der Waals surface area contributed by atoms with Gasteiger partial charge in [0.25, 0.3) is 0 Å². The second-order valence-corrected chi connectivity index (χ2v) is 8.87. The predicted molar refractivity (Wildman–Crippen MR) is 113 cm³/mol. The number of hydrogen-bond donors (Lipinski definition) is 3. The van der Waals surface area contributed by atoms with Crippen LogP contribution in [0.3, 0.4) is 0 Å². The van der Waals surface area contributed by atoms with Crippen molar-refractivity contribution in [3.8, 4) is 0 Å². The Labute approximate surface area is 181 Å².